The summed E-state index contributed by atoms with van der Waals surface area (Å²) < 4.78 is 7.36. The highest BCUT2D eigenvalue weighted by molar-refractivity contribution is 5.93. The van der Waals surface area contributed by atoms with Gasteiger partial charge in [0.25, 0.3) is 5.89 Å². The van der Waals surface area contributed by atoms with Crippen LogP contribution in [0.3, 0.4) is 0 Å². The van der Waals surface area contributed by atoms with Crippen LogP contribution in [0.1, 0.15) is 40.9 Å². The largest absolute Gasteiger partial charge is 0.478 e. The lowest BCUT2D eigenvalue weighted by atomic mass is 10.1. The van der Waals surface area contributed by atoms with Gasteiger partial charge in [0, 0.05) is 19.2 Å². The van der Waals surface area contributed by atoms with Crippen molar-refractivity contribution < 1.29 is 14.3 Å². The first kappa shape index (κ1) is 13.3. The van der Waals surface area contributed by atoms with Crippen LogP contribution in [-0.4, -0.2) is 25.8 Å². The van der Waals surface area contributed by atoms with Gasteiger partial charge in [-0.25, -0.2) is 4.79 Å². The Morgan fingerprint density at radius 2 is 2.05 bits per heavy atom. The van der Waals surface area contributed by atoms with Gasteiger partial charge in [0.1, 0.15) is 5.69 Å². The van der Waals surface area contributed by atoms with Crippen LogP contribution in [0.15, 0.2) is 4.42 Å². The van der Waals surface area contributed by atoms with E-state index < -0.39 is 5.97 Å². The van der Waals surface area contributed by atoms with Crippen molar-refractivity contribution in [1.29, 1.82) is 0 Å². The van der Waals surface area contributed by atoms with Gasteiger partial charge in [-0.3, -0.25) is 0 Å². The normalized spacial score (nSPS) is 10.9. The Hall–Kier alpha value is -2.11. The molecule has 6 nitrogen and oxygen atoms in total. The van der Waals surface area contributed by atoms with Crippen LogP contribution in [0.5, 0.6) is 0 Å². The number of aryl methyl sites for hydroxylation is 1. The maximum atomic E-state index is 11.3. The van der Waals surface area contributed by atoms with Crippen molar-refractivity contribution in [3.63, 3.8) is 0 Å². The summed E-state index contributed by atoms with van der Waals surface area (Å²) >= 11 is 0. The number of aromatic nitrogens is 3. The first-order valence-electron chi connectivity index (χ1n) is 6.19. The molecule has 0 amide bonds. The summed E-state index contributed by atoms with van der Waals surface area (Å²) in [7, 11) is 1.80. The van der Waals surface area contributed by atoms with Gasteiger partial charge in [0.05, 0.1) is 5.56 Å². The molecule has 0 unspecified atom stereocenters. The second-order valence-corrected chi connectivity index (χ2v) is 4.55. The van der Waals surface area contributed by atoms with Crippen molar-refractivity contribution in [2.75, 3.05) is 0 Å². The average Bonchev–Trinajstić information content (AvgIpc) is 2.85. The highest BCUT2D eigenvalue weighted by atomic mass is 16.4. The zero-order valence-electron chi connectivity index (χ0n) is 11.5. The summed E-state index contributed by atoms with van der Waals surface area (Å²) in [4.78, 5) is 11.3. The van der Waals surface area contributed by atoms with E-state index in [1.807, 2.05) is 6.92 Å². The summed E-state index contributed by atoms with van der Waals surface area (Å²) in [5, 5.41) is 17.2. The van der Waals surface area contributed by atoms with E-state index >= 15 is 0 Å². The standard InChI is InChI=1S/C13H17N3O3/c1-5-6-9-14-15-12(19-9)11-7(2)10(13(17)18)8(3)16(11)4/h5-6H2,1-4H3,(H,17,18). The third kappa shape index (κ3) is 2.14. The van der Waals surface area contributed by atoms with Gasteiger partial charge < -0.3 is 14.1 Å². The van der Waals surface area contributed by atoms with E-state index in [-0.39, 0.29) is 0 Å². The highest BCUT2D eigenvalue weighted by Crippen LogP contribution is 2.29. The Kier molecular flexibility index (Phi) is 3.42. The van der Waals surface area contributed by atoms with Crippen LogP contribution < -0.4 is 0 Å². The molecule has 0 bridgehead atoms. The molecule has 0 spiro atoms. The minimum atomic E-state index is -0.940. The van der Waals surface area contributed by atoms with Crippen LogP contribution in [0.4, 0.5) is 0 Å². The zero-order valence-corrected chi connectivity index (χ0v) is 11.5. The summed E-state index contributed by atoms with van der Waals surface area (Å²) in [6.07, 6.45) is 1.65. The summed E-state index contributed by atoms with van der Waals surface area (Å²) in [5.41, 5.74) is 2.30. The van der Waals surface area contributed by atoms with E-state index in [9.17, 15) is 9.90 Å². The molecule has 102 valence electrons. The van der Waals surface area contributed by atoms with Crippen LogP contribution in [0, 0.1) is 13.8 Å². The van der Waals surface area contributed by atoms with Gasteiger partial charge in [-0.2, -0.15) is 0 Å². The molecule has 0 aliphatic carbocycles. The number of nitrogens with zero attached hydrogens (tertiary/aromatic N) is 3. The first-order chi connectivity index (χ1) is 8.97. The van der Waals surface area contributed by atoms with Gasteiger partial charge in [-0.1, -0.05) is 6.92 Å². The molecule has 0 saturated heterocycles. The molecule has 0 aliphatic rings. The molecule has 0 saturated carbocycles. The summed E-state index contributed by atoms with van der Waals surface area (Å²) in [5.74, 6) is 0.0109. The second kappa shape index (κ2) is 4.87. The van der Waals surface area contributed by atoms with Gasteiger partial charge in [0.2, 0.25) is 5.89 Å². The summed E-state index contributed by atoms with van der Waals surface area (Å²) in [6, 6.07) is 0. The number of carboxylic acid groups (broad SMARTS) is 1. The van der Waals surface area contributed by atoms with Crippen molar-refractivity contribution in [2.24, 2.45) is 7.05 Å². The molecular formula is C13H17N3O3. The summed E-state index contributed by atoms with van der Waals surface area (Å²) in [6.45, 7) is 5.56. The fourth-order valence-corrected chi connectivity index (χ4v) is 2.26. The molecule has 2 aromatic rings. The Morgan fingerprint density at radius 3 is 2.58 bits per heavy atom. The van der Waals surface area contributed by atoms with Crippen LogP contribution >= 0.6 is 0 Å². The predicted octanol–water partition coefficient (Wildman–Crippen LogP) is 2.34. The van der Waals surface area contributed by atoms with Gasteiger partial charge in [-0.15, -0.1) is 10.2 Å². The number of aromatic carboxylic acids is 1. The monoisotopic (exact) mass is 263 g/mol. The molecule has 0 aromatic carbocycles. The quantitative estimate of drug-likeness (QED) is 0.915. The van der Waals surface area contributed by atoms with Crippen LogP contribution in [0.2, 0.25) is 0 Å². The second-order valence-electron chi connectivity index (χ2n) is 4.55. The van der Waals surface area contributed by atoms with E-state index in [1.165, 1.54) is 0 Å². The lowest BCUT2D eigenvalue weighted by Gasteiger charge is -2.00. The molecular weight excluding hydrogens is 246 g/mol. The van der Waals surface area contributed by atoms with E-state index in [1.54, 1.807) is 25.5 Å². The van der Waals surface area contributed by atoms with E-state index in [4.69, 9.17) is 4.42 Å². The Balaban J connectivity index is 2.55. The molecule has 2 aromatic heterocycles. The number of hydrogen-bond donors (Lipinski definition) is 1. The van der Waals surface area contributed by atoms with Crippen LogP contribution in [-0.2, 0) is 13.5 Å². The van der Waals surface area contributed by atoms with E-state index in [2.05, 4.69) is 10.2 Å². The molecule has 0 aliphatic heterocycles. The fourth-order valence-electron chi connectivity index (χ4n) is 2.26. The predicted molar refractivity (Wildman–Crippen MR) is 69.1 cm³/mol. The maximum Gasteiger partial charge on any atom is 0.337 e. The van der Waals surface area contributed by atoms with Gasteiger partial charge >= 0.3 is 5.97 Å². The van der Waals surface area contributed by atoms with E-state index in [0.717, 1.165) is 12.8 Å². The topological polar surface area (TPSA) is 81.1 Å². The molecule has 0 radical (unpaired) electrons. The first-order valence-corrected chi connectivity index (χ1v) is 6.19. The molecule has 2 heterocycles. The molecule has 19 heavy (non-hydrogen) atoms. The minimum absolute atomic E-state index is 0.299. The van der Waals surface area contributed by atoms with Crippen molar-refractivity contribution in [1.82, 2.24) is 14.8 Å². The van der Waals surface area contributed by atoms with Crippen molar-refractivity contribution in [3.05, 3.63) is 22.7 Å². The maximum absolute atomic E-state index is 11.3. The fraction of sp³-hybridized carbons (Fsp3) is 0.462. The third-order valence-electron chi connectivity index (χ3n) is 3.28. The number of hydrogen-bond acceptors (Lipinski definition) is 4. The molecule has 6 heteroatoms. The zero-order chi connectivity index (χ0) is 14.2. The van der Waals surface area contributed by atoms with E-state index in [0.29, 0.717) is 34.3 Å². The Labute approximate surface area is 111 Å². The Bertz CT molecular complexity index is 625. The van der Waals surface area contributed by atoms with Crippen LogP contribution in [0.25, 0.3) is 11.6 Å². The SMILES string of the molecule is CCCc1nnc(-c2c(C)c(C(=O)O)c(C)n2C)o1. The number of carboxylic acids is 1. The molecule has 0 atom stereocenters. The number of carbonyl (C=O) groups is 1. The van der Waals surface area contributed by atoms with Crippen molar-refractivity contribution in [2.45, 2.75) is 33.6 Å². The number of rotatable bonds is 4. The molecule has 0 fully saturated rings. The lowest BCUT2D eigenvalue weighted by Crippen LogP contribution is -2.00. The smallest absolute Gasteiger partial charge is 0.337 e. The average molecular weight is 263 g/mol. The molecule has 1 N–H and O–H groups in total. The van der Waals surface area contributed by atoms with Crippen molar-refractivity contribution in [3.8, 4) is 11.6 Å². The molecule has 2 rings (SSSR count). The van der Waals surface area contributed by atoms with Gasteiger partial charge in [-0.05, 0) is 25.8 Å². The minimum Gasteiger partial charge on any atom is -0.478 e. The lowest BCUT2D eigenvalue weighted by molar-refractivity contribution is 0.0695. The third-order valence-corrected chi connectivity index (χ3v) is 3.28. The van der Waals surface area contributed by atoms with Gasteiger partial charge in [0.15, 0.2) is 0 Å². The Morgan fingerprint density at radius 1 is 1.37 bits per heavy atom. The highest BCUT2D eigenvalue weighted by Gasteiger charge is 2.24. The van der Waals surface area contributed by atoms with Crippen molar-refractivity contribution >= 4 is 5.97 Å².